The minimum atomic E-state index is -1.43. The first-order valence-electron chi connectivity index (χ1n) is 16.2. The Labute approximate surface area is 285 Å². The topological polar surface area (TPSA) is 208 Å². The first-order valence-corrected chi connectivity index (χ1v) is 16.2. The van der Waals surface area contributed by atoms with Crippen molar-refractivity contribution in [1.29, 1.82) is 0 Å². The second kappa shape index (κ2) is 16.0. The summed E-state index contributed by atoms with van der Waals surface area (Å²) < 4.78 is 5.58. The fraction of sp³-hybridized carbons (Fsp3) is 0.486. The Bertz CT molecular complexity index is 1630. The van der Waals surface area contributed by atoms with Gasteiger partial charge in [-0.15, -0.1) is 0 Å². The average molecular weight is 682 g/mol. The summed E-state index contributed by atoms with van der Waals surface area (Å²) in [6.45, 7) is 11.3. The van der Waals surface area contributed by atoms with E-state index in [1.54, 1.807) is 26.8 Å². The molecular formula is C37H47NO11. The number of benzene rings is 1. The number of nitrogens with one attached hydrogen (secondary N) is 1. The summed E-state index contributed by atoms with van der Waals surface area (Å²) in [6, 6.07) is 1.26. The number of ketones is 3. The number of fused-ring (bicyclic) bond motifs is 15. The molecule has 1 aromatic carbocycles. The summed E-state index contributed by atoms with van der Waals surface area (Å²) in [5.74, 6) is -8.37. The van der Waals surface area contributed by atoms with Crippen LogP contribution in [0.3, 0.4) is 0 Å². The monoisotopic (exact) mass is 681 g/mol. The Kier molecular flexibility index (Phi) is 12.8. The van der Waals surface area contributed by atoms with Crippen LogP contribution < -0.4 is 5.32 Å². The number of allylic oxidation sites excluding steroid dienone is 5. The van der Waals surface area contributed by atoms with Crippen molar-refractivity contribution in [2.75, 3.05) is 6.61 Å². The molecule has 2 heterocycles. The number of hydrogen-bond donors (Lipinski definition) is 6. The van der Waals surface area contributed by atoms with Crippen LogP contribution in [0.25, 0.3) is 0 Å². The van der Waals surface area contributed by atoms with Crippen molar-refractivity contribution in [3.63, 3.8) is 0 Å². The Morgan fingerprint density at radius 2 is 1.47 bits per heavy atom. The van der Waals surface area contributed by atoms with Crippen molar-refractivity contribution >= 4 is 29.2 Å². The third-order valence-electron chi connectivity index (χ3n) is 9.60. The van der Waals surface area contributed by atoms with Gasteiger partial charge in [0, 0.05) is 59.3 Å². The van der Waals surface area contributed by atoms with Gasteiger partial charge in [-0.1, -0.05) is 52.0 Å². The third-order valence-corrected chi connectivity index (χ3v) is 9.60. The molecule has 49 heavy (non-hydrogen) atoms. The van der Waals surface area contributed by atoms with Crippen molar-refractivity contribution in [2.24, 2.45) is 29.6 Å². The van der Waals surface area contributed by atoms with E-state index >= 15 is 0 Å². The van der Waals surface area contributed by atoms with E-state index in [-0.39, 0.29) is 33.5 Å². The maximum absolute atomic E-state index is 13.8. The van der Waals surface area contributed by atoms with E-state index in [4.69, 9.17) is 4.74 Å². The molecule has 1 aliphatic carbocycles. The molecule has 1 amide bonds. The van der Waals surface area contributed by atoms with Gasteiger partial charge in [0.15, 0.2) is 11.6 Å². The molecule has 0 aromatic heterocycles. The van der Waals surface area contributed by atoms with Crippen molar-refractivity contribution in [3.05, 3.63) is 75.5 Å². The minimum Gasteiger partial charge on any atom is -0.507 e. The molecule has 6 N–H and O–H groups in total. The van der Waals surface area contributed by atoms with Gasteiger partial charge >= 0.3 is 5.97 Å². The highest BCUT2D eigenvalue weighted by atomic mass is 16.5. The number of ether oxygens (including phenoxy) is 1. The molecule has 1 unspecified atom stereocenters. The van der Waals surface area contributed by atoms with Crippen LogP contribution in [0.4, 0.5) is 0 Å². The predicted molar refractivity (Wildman–Crippen MR) is 180 cm³/mol. The van der Waals surface area contributed by atoms with Gasteiger partial charge in [0.05, 0.1) is 36.2 Å². The van der Waals surface area contributed by atoms with E-state index in [0.29, 0.717) is 0 Å². The second-order valence-corrected chi connectivity index (χ2v) is 13.3. The largest absolute Gasteiger partial charge is 0.507 e. The van der Waals surface area contributed by atoms with Crippen LogP contribution in [0, 0.1) is 36.5 Å². The highest BCUT2D eigenvalue weighted by Crippen LogP contribution is 2.36. The fourth-order valence-corrected chi connectivity index (χ4v) is 6.43. The van der Waals surface area contributed by atoms with Gasteiger partial charge < -0.3 is 35.6 Å². The SMILES string of the molecule is CC(=O)O[C@@H]1[C@H](C)[C@@H](O)[C@@H](C)/C=C/C=C(/C)C(=O)NC2=CC(=O)c3c(cc(C)c(O)c3C(=O)/C(C)=C/C(CO)[C@H](O)[C@@H](C)[C@H](O)[C@@H]1C)C2=O. The van der Waals surface area contributed by atoms with Gasteiger partial charge in [0.1, 0.15) is 11.9 Å². The molecule has 0 spiro atoms. The van der Waals surface area contributed by atoms with Crippen LogP contribution in [-0.4, -0.2) is 85.8 Å². The zero-order chi connectivity index (χ0) is 37.1. The van der Waals surface area contributed by atoms with Crippen LogP contribution in [-0.2, 0) is 14.3 Å². The molecular weight excluding hydrogens is 634 g/mol. The smallest absolute Gasteiger partial charge is 0.302 e. The first-order chi connectivity index (χ1) is 22.8. The lowest BCUT2D eigenvalue weighted by atomic mass is 9.76. The Hall–Kier alpha value is -4.23. The summed E-state index contributed by atoms with van der Waals surface area (Å²) >= 11 is 0. The molecule has 2 aliphatic heterocycles. The lowest BCUT2D eigenvalue weighted by Crippen LogP contribution is -2.47. The van der Waals surface area contributed by atoms with Crippen LogP contribution in [0.1, 0.15) is 85.1 Å². The first kappa shape index (κ1) is 39.2. The molecule has 0 radical (unpaired) electrons. The minimum absolute atomic E-state index is 0.0746. The van der Waals surface area contributed by atoms with Crippen molar-refractivity contribution < 1.29 is 54.2 Å². The van der Waals surface area contributed by atoms with E-state index in [1.807, 2.05) is 0 Å². The van der Waals surface area contributed by atoms with E-state index < -0.39 is 101 Å². The maximum atomic E-state index is 13.8. The molecule has 0 saturated heterocycles. The van der Waals surface area contributed by atoms with E-state index in [1.165, 1.54) is 58.9 Å². The van der Waals surface area contributed by atoms with Crippen molar-refractivity contribution in [3.8, 4) is 5.75 Å². The molecule has 4 bridgehead atoms. The molecule has 3 aliphatic rings. The quantitative estimate of drug-likeness (QED) is 0.250. The molecule has 9 atom stereocenters. The second-order valence-electron chi connectivity index (χ2n) is 13.3. The Morgan fingerprint density at radius 3 is 2.06 bits per heavy atom. The van der Waals surface area contributed by atoms with E-state index in [9.17, 15) is 49.5 Å². The molecule has 1 aromatic rings. The van der Waals surface area contributed by atoms with Gasteiger partial charge in [-0.3, -0.25) is 24.0 Å². The number of hydrogen-bond acceptors (Lipinski definition) is 11. The summed E-state index contributed by atoms with van der Waals surface area (Å²) in [7, 11) is 0. The van der Waals surface area contributed by atoms with Crippen LogP contribution in [0.5, 0.6) is 5.75 Å². The van der Waals surface area contributed by atoms with Crippen LogP contribution >= 0.6 is 0 Å². The zero-order valence-electron chi connectivity index (χ0n) is 29.1. The van der Waals surface area contributed by atoms with Crippen LogP contribution in [0.15, 0.2) is 53.3 Å². The van der Waals surface area contributed by atoms with Crippen molar-refractivity contribution in [1.82, 2.24) is 5.32 Å². The lowest BCUT2D eigenvalue weighted by Gasteiger charge is -2.38. The highest BCUT2D eigenvalue weighted by molar-refractivity contribution is 6.30. The predicted octanol–water partition coefficient (Wildman–Crippen LogP) is 2.89. The zero-order valence-corrected chi connectivity index (χ0v) is 29.1. The summed E-state index contributed by atoms with van der Waals surface area (Å²) in [6.07, 6.45) is 1.94. The standard InChI is InChI=1S/C37H47NO11/c1-16-10-9-11-17(2)37(48)38-26-14-27(41)28-25(35(26)47)13-19(4)32(44)29(28)31(43)18(3)12-24(15-39)34(46)20(5)33(45)22(7)36(49-23(8)40)21(6)30(16)42/h9-14,16,20-22,24,30,33-34,36,39,42,44-46H,15H2,1-8H3,(H,38,48)/b10-9+,17-11-,18-12+/t16-,20-,21+,22-,24?,30-,33-,34+,36+/m0/s1. The molecule has 0 fully saturated rings. The molecule has 266 valence electrons. The van der Waals surface area contributed by atoms with Gasteiger partial charge in [-0.2, -0.15) is 0 Å². The van der Waals surface area contributed by atoms with Gasteiger partial charge in [-0.25, -0.2) is 0 Å². The number of rotatable bonds is 2. The van der Waals surface area contributed by atoms with Gasteiger partial charge in [-0.05, 0) is 38.0 Å². The number of esters is 1. The highest BCUT2D eigenvalue weighted by Gasteiger charge is 2.41. The number of phenols is 1. The summed E-state index contributed by atoms with van der Waals surface area (Å²) in [4.78, 5) is 65.9. The van der Waals surface area contributed by atoms with Crippen LogP contribution in [0.2, 0.25) is 0 Å². The lowest BCUT2D eigenvalue weighted by molar-refractivity contribution is -0.162. The number of phenolic OH excluding ortho intramolecular Hbond substituents is 1. The number of aromatic hydroxyl groups is 1. The molecule has 0 saturated carbocycles. The Morgan fingerprint density at radius 1 is 0.857 bits per heavy atom. The third kappa shape index (κ3) is 8.33. The van der Waals surface area contributed by atoms with Crippen molar-refractivity contribution in [2.45, 2.75) is 79.8 Å². The number of carbonyl (C=O) groups is 5. The number of Topliss-reactive ketones (excluding diaryl/α,β-unsaturated/α-hetero) is 2. The van der Waals surface area contributed by atoms with E-state index in [2.05, 4.69) is 5.32 Å². The number of amides is 1. The maximum Gasteiger partial charge on any atom is 0.302 e. The molecule has 12 nitrogen and oxygen atoms in total. The Balaban J connectivity index is 2.21. The number of aryl methyl sites for hydroxylation is 1. The number of aliphatic hydroxyl groups excluding tert-OH is 4. The number of aliphatic hydroxyl groups is 4. The summed E-state index contributed by atoms with van der Waals surface area (Å²) in [5.41, 5.74) is -1.11. The fourth-order valence-electron chi connectivity index (χ4n) is 6.43. The van der Waals surface area contributed by atoms with Gasteiger partial charge in [0.2, 0.25) is 5.78 Å². The molecule has 4 rings (SSSR count). The number of carbonyl (C=O) groups excluding carboxylic acids is 5. The summed E-state index contributed by atoms with van der Waals surface area (Å²) in [5, 5.41) is 57.6. The van der Waals surface area contributed by atoms with Gasteiger partial charge in [0.25, 0.3) is 5.91 Å². The normalized spacial score (nSPS) is 33.5. The van der Waals surface area contributed by atoms with E-state index in [0.717, 1.165) is 6.08 Å². The average Bonchev–Trinajstić information content (AvgIpc) is 3.05. The molecule has 12 heteroatoms.